The molecular weight excluding hydrogens is 396 g/mol. The number of hydrogen-bond acceptors (Lipinski definition) is 8. The fraction of sp³-hybridized carbons (Fsp3) is 0.364. The molecule has 1 saturated heterocycles. The molecule has 9 heteroatoms. The summed E-state index contributed by atoms with van der Waals surface area (Å²) >= 11 is 0. The molecule has 9 nitrogen and oxygen atoms in total. The molecule has 31 heavy (non-hydrogen) atoms. The van der Waals surface area contributed by atoms with Gasteiger partial charge in [0.25, 0.3) is 5.56 Å². The zero-order chi connectivity index (χ0) is 21.4. The summed E-state index contributed by atoms with van der Waals surface area (Å²) in [5, 5.41) is 27.0. The number of nitriles is 1. The van der Waals surface area contributed by atoms with Crippen molar-refractivity contribution in [2.45, 2.75) is 31.5 Å². The van der Waals surface area contributed by atoms with Crippen LogP contribution in [0.25, 0.3) is 11.0 Å². The average Bonchev–Trinajstić information content (AvgIpc) is 2.79. The molecule has 1 aromatic carbocycles. The Balaban J connectivity index is 1.58. The largest absolute Gasteiger partial charge is 0.389 e. The Morgan fingerprint density at radius 1 is 1.32 bits per heavy atom. The van der Waals surface area contributed by atoms with Gasteiger partial charge in [-0.1, -0.05) is 6.07 Å². The number of hydrogen-bond donors (Lipinski definition) is 3. The smallest absolute Gasteiger partial charge is 0.270 e. The molecule has 0 amide bonds. The van der Waals surface area contributed by atoms with Crippen molar-refractivity contribution in [3.63, 3.8) is 0 Å². The van der Waals surface area contributed by atoms with Crippen LogP contribution in [0.5, 0.6) is 0 Å². The lowest BCUT2D eigenvalue weighted by Crippen LogP contribution is -2.40. The van der Waals surface area contributed by atoms with E-state index >= 15 is 0 Å². The van der Waals surface area contributed by atoms with E-state index < -0.39 is 17.7 Å². The molecule has 4 heterocycles. The summed E-state index contributed by atoms with van der Waals surface area (Å²) in [6.45, 7) is 2.37. The van der Waals surface area contributed by atoms with Crippen LogP contribution >= 0.6 is 0 Å². The van der Waals surface area contributed by atoms with Crippen molar-refractivity contribution in [1.82, 2.24) is 19.9 Å². The molecule has 2 unspecified atom stereocenters. The first-order valence-corrected chi connectivity index (χ1v) is 10.3. The molecule has 158 valence electrons. The third-order valence-electron chi connectivity index (χ3n) is 5.86. The Labute approximate surface area is 178 Å². The molecule has 5 rings (SSSR count). The molecule has 3 aromatic rings. The SMILES string of the molecule is N#Cc1cc2cnc(Nc3ccc4c(c3)CCNC4)nc2n(C2CCOCC2O)c1=O. The van der Waals surface area contributed by atoms with Gasteiger partial charge < -0.3 is 20.5 Å². The van der Waals surface area contributed by atoms with Crippen LogP contribution in [-0.4, -0.2) is 45.5 Å². The number of aliphatic hydroxyl groups excluding tert-OH is 1. The number of pyridine rings is 1. The molecule has 2 atom stereocenters. The van der Waals surface area contributed by atoms with Crippen LogP contribution in [0.2, 0.25) is 0 Å². The number of aliphatic hydroxyl groups is 1. The van der Waals surface area contributed by atoms with Gasteiger partial charge in [0, 0.05) is 30.4 Å². The lowest BCUT2D eigenvalue weighted by molar-refractivity contribution is -0.0383. The summed E-state index contributed by atoms with van der Waals surface area (Å²) in [5.41, 5.74) is 3.35. The van der Waals surface area contributed by atoms with E-state index in [0.29, 0.717) is 30.0 Å². The number of anilines is 2. The van der Waals surface area contributed by atoms with Gasteiger partial charge in [0.15, 0.2) is 0 Å². The molecule has 0 bridgehead atoms. The molecule has 3 N–H and O–H groups in total. The second kappa shape index (κ2) is 8.07. The maximum atomic E-state index is 13.0. The average molecular weight is 418 g/mol. The first-order chi connectivity index (χ1) is 15.1. The van der Waals surface area contributed by atoms with E-state index in [1.807, 2.05) is 12.1 Å². The number of aromatic nitrogens is 3. The second-order valence-corrected chi connectivity index (χ2v) is 7.85. The molecule has 2 aliphatic rings. The monoisotopic (exact) mass is 418 g/mol. The van der Waals surface area contributed by atoms with Crippen molar-refractivity contribution < 1.29 is 9.84 Å². The molecule has 0 aliphatic carbocycles. The highest BCUT2D eigenvalue weighted by atomic mass is 16.5. The standard InChI is InChI=1S/C22H22N6O3/c23-9-15-7-16-11-25-22(26-17-2-1-14-10-24-5-3-13(14)8-17)27-20(16)28(21(15)30)18-4-6-31-12-19(18)29/h1-2,7-8,11,18-19,24,29H,3-6,10,12H2,(H,25,26,27). The highest BCUT2D eigenvalue weighted by Gasteiger charge is 2.29. The first kappa shape index (κ1) is 19.6. The van der Waals surface area contributed by atoms with Gasteiger partial charge >= 0.3 is 0 Å². The van der Waals surface area contributed by atoms with Gasteiger partial charge in [0.05, 0.1) is 18.8 Å². The Morgan fingerprint density at radius 3 is 3.06 bits per heavy atom. The van der Waals surface area contributed by atoms with Gasteiger partial charge in [-0.3, -0.25) is 9.36 Å². The third kappa shape index (κ3) is 3.65. The van der Waals surface area contributed by atoms with Gasteiger partial charge in [-0.15, -0.1) is 0 Å². The Morgan fingerprint density at radius 2 is 2.23 bits per heavy atom. The van der Waals surface area contributed by atoms with Gasteiger partial charge in [-0.2, -0.15) is 10.2 Å². The van der Waals surface area contributed by atoms with Crippen LogP contribution in [0.15, 0.2) is 35.3 Å². The van der Waals surface area contributed by atoms with Crippen LogP contribution in [0.1, 0.15) is 29.2 Å². The molecule has 2 aromatic heterocycles. The van der Waals surface area contributed by atoms with Crippen molar-refractivity contribution in [3.8, 4) is 6.07 Å². The lowest BCUT2D eigenvalue weighted by atomic mass is 10.0. The van der Waals surface area contributed by atoms with Crippen LogP contribution in [-0.2, 0) is 17.7 Å². The van der Waals surface area contributed by atoms with Crippen LogP contribution in [0, 0.1) is 11.3 Å². The van der Waals surface area contributed by atoms with Crippen molar-refractivity contribution in [1.29, 1.82) is 5.26 Å². The zero-order valence-corrected chi connectivity index (χ0v) is 16.8. The van der Waals surface area contributed by atoms with Gasteiger partial charge in [-0.25, -0.2) is 4.98 Å². The first-order valence-electron chi connectivity index (χ1n) is 10.3. The van der Waals surface area contributed by atoms with E-state index in [-0.39, 0.29) is 12.2 Å². The maximum absolute atomic E-state index is 13.0. The van der Waals surface area contributed by atoms with E-state index in [0.717, 1.165) is 25.2 Å². The van der Waals surface area contributed by atoms with Gasteiger partial charge in [0.2, 0.25) is 5.95 Å². The highest BCUT2D eigenvalue weighted by molar-refractivity contribution is 5.77. The molecule has 2 aliphatic heterocycles. The van der Waals surface area contributed by atoms with Gasteiger partial charge in [0.1, 0.15) is 17.3 Å². The minimum Gasteiger partial charge on any atom is -0.389 e. The minimum atomic E-state index is -0.857. The molecule has 1 fully saturated rings. The van der Waals surface area contributed by atoms with Crippen LogP contribution < -0.4 is 16.2 Å². The molecule has 0 spiro atoms. The number of rotatable bonds is 3. The summed E-state index contributed by atoms with van der Waals surface area (Å²) in [5.74, 6) is 0.348. The van der Waals surface area contributed by atoms with Crippen molar-refractivity contribution in [2.24, 2.45) is 0 Å². The molecular formula is C22H22N6O3. The molecule has 0 radical (unpaired) electrons. The quantitative estimate of drug-likeness (QED) is 0.583. The van der Waals surface area contributed by atoms with Crippen LogP contribution in [0.3, 0.4) is 0 Å². The van der Waals surface area contributed by atoms with Crippen LogP contribution in [0.4, 0.5) is 11.6 Å². The fourth-order valence-corrected chi connectivity index (χ4v) is 4.26. The Kier molecular flexibility index (Phi) is 5.11. The number of nitrogens with zero attached hydrogens (tertiary/aromatic N) is 4. The van der Waals surface area contributed by atoms with E-state index in [1.54, 1.807) is 6.20 Å². The maximum Gasteiger partial charge on any atom is 0.270 e. The predicted molar refractivity (Wildman–Crippen MR) is 114 cm³/mol. The number of benzene rings is 1. The Hall–Kier alpha value is -3.32. The van der Waals surface area contributed by atoms with Crippen molar-refractivity contribution in [3.05, 3.63) is 57.5 Å². The summed E-state index contributed by atoms with van der Waals surface area (Å²) < 4.78 is 6.73. The predicted octanol–water partition coefficient (Wildman–Crippen LogP) is 1.37. The van der Waals surface area contributed by atoms with E-state index in [1.165, 1.54) is 21.8 Å². The summed E-state index contributed by atoms with van der Waals surface area (Å²) in [6.07, 6.45) is 2.15. The third-order valence-corrected chi connectivity index (χ3v) is 5.86. The fourth-order valence-electron chi connectivity index (χ4n) is 4.26. The number of ether oxygens (including phenoxy) is 1. The second-order valence-electron chi connectivity index (χ2n) is 7.85. The normalized spacial score (nSPS) is 20.8. The Bertz CT molecular complexity index is 1250. The van der Waals surface area contributed by atoms with E-state index in [2.05, 4.69) is 32.7 Å². The summed E-state index contributed by atoms with van der Waals surface area (Å²) in [4.78, 5) is 22.0. The summed E-state index contributed by atoms with van der Waals surface area (Å²) in [7, 11) is 0. The zero-order valence-electron chi connectivity index (χ0n) is 16.8. The lowest BCUT2D eigenvalue weighted by Gasteiger charge is -2.30. The highest BCUT2D eigenvalue weighted by Crippen LogP contribution is 2.26. The summed E-state index contributed by atoms with van der Waals surface area (Å²) in [6, 6.07) is 9.08. The topological polar surface area (TPSA) is 125 Å². The van der Waals surface area contributed by atoms with Crippen molar-refractivity contribution in [2.75, 3.05) is 25.1 Å². The molecule has 0 saturated carbocycles. The van der Waals surface area contributed by atoms with Crippen molar-refractivity contribution >= 4 is 22.7 Å². The van der Waals surface area contributed by atoms with E-state index in [4.69, 9.17) is 4.74 Å². The van der Waals surface area contributed by atoms with E-state index in [9.17, 15) is 15.2 Å². The number of fused-ring (bicyclic) bond motifs is 2. The van der Waals surface area contributed by atoms with Gasteiger partial charge in [-0.05, 0) is 48.7 Å². The number of nitrogens with one attached hydrogen (secondary N) is 2. The minimum absolute atomic E-state index is 0.00111.